The van der Waals surface area contributed by atoms with Crippen molar-refractivity contribution in [1.29, 1.82) is 0 Å². The first-order chi connectivity index (χ1) is 9.93. The number of nitrogens with one attached hydrogen (secondary N) is 1. The quantitative estimate of drug-likeness (QED) is 0.845. The summed E-state index contributed by atoms with van der Waals surface area (Å²) in [5.74, 6) is -0.660. The fraction of sp³-hybridized carbons (Fsp3) is 0.385. The average Bonchev–Trinajstić information content (AvgIpc) is 2.95. The zero-order chi connectivity index (χ0) is 15.6. The summed E-state index contributed by atoms with van der Waals surface area (Å²) in [7, 11) is 3.38. The molecule has 1 amide bonds. The number of hydrogen-bond acceptors (Lipinski definition) is 5. The number of amides is 1. The van der Waals surface area contributed by atoms with E-state index in [9.17, 15) is 9.59 Å². The molecule has 8 heteroatoms. The van der Waals surface area contributed by atoms with Gasteiger partial charge in [-0.2, -0.15) is 10.2 Å². The van der Waals surface area contributed by atoms with E-state index in [0.717, 1.165) is 5.69 Å². The lowest BCUT2D eigenvalue weighted by molar-refractivity contribution is 0.0527. The molecule has 0 aliphatic rings. The molecule has 2 aromatic heterocycles. The van der Waals surface area contributed by atoms with Gasteiger partial charge in [0.15, 0.2) is 5.69 Å². The first kappa shape index (κ1) is 14.8. The summed E-state index contributed by atoms with van der Waals surface area (Å²) in [6, 6.07) is 1.66. The van der Waals surface area contributed by atoms with Gasteiger partial charge in [0.05, 0.1) is 12.8 Å². The van der Waals surface area contributed by atoms with Crippen molar-refractivity contribution in [3.05, 3.63) is 29.2 Å². The van der Waals surface area contributed by atoms with E-state index in [2.05, 4.69) is 15.5 Å². The van der Waals surface area contributed by atoms with Gasteiger partial charge >= 0.3 is 5.97 Å². The number of hydrogen-bond donors (Lipinski definition) is 1. The normalized spacial score (nSPS) is 10.5. The van der Waals surface area contributed by atoms with Gasteiger partial charge in [0.2, 0.25) is 0 Å². The van der Waals surface area contributed by atoms with E-state index in [1.807, 2.05) is 6.92 Å². The highest BCUT2D eigenvalue weighted by molar-refractivity contribution is 6.06. The molecule has 0 bridgehead atoms. The second-order valence-corrected chi connectivity index (χ2v) is 4.50. The fourth-order valence-corrected chi connectivity index (χ4v) is 1.79. The number of aryl methyl sites for hydroxylation is 3. The molecule has 0 atom stereocenters. The monoisotopic (exact) mass is 291 g/mol. The maximum Gasteiger partial charge on any atom is 0.343 e. The molecule has 21 heavy (non-hydrogen) atoms. The van der Waals surface area contributed by atoms with Crippen LogP contribution in [0.25, 0.3) is 0 Å². The van der Waals surface area contributed by atoms with E-state index in [4.69, 9.17) is 4.74 Å². The molecule has 112 valence electrons. The summed E-state index contributed by atoms with van der Waals surface area (Å²) in [5, 5.41) is 10.7. The Morgan fingerprint density at radius 1 is 1.33 bits per heavy atom. The molecular formula is C13H17N5O3. The molecule has 0 saturated heterocycles. The fourth-order valence-electron chi connectivity index (χ4n) is 1.79. The second-order valence-electron chi connectivity index (χ2n) is 4.50. The third kappa shape index (κ3) is 2.93. The van der Waals surface area contributed by atoms with Crippen LogP contribution >= 0.6 is 0 Å². The van der Waals surface area contributed by atoms with Gasteiger partial charge in [0.1, 0.15) is 11.4 Å². The van der Waals surface area contributed by atoms with E-state index < -0.39 is 11.9 Å². The zero-order valence-electron chi connectivity index (χ0n) is 12.4. The summed E-state index contributed by atoms with van der Waals surface area (Å²) >= 11 is 0. The summed E-state index contributed by atoms with van der Waals surface area (Å²) < 4.78 is 7.93. The highest BCUT2D eigenvalue weighted by atomic mass is 16.5. The van der Waals surface area contributed by atoms with Crippen LogP contribution in [0.15, 0.2) is 12.3 Å². The first-order valence-corrected chi connectivity index (χ1v) is 6.45. The van der Waals surface area contributed by atoms with Crippen molar-refractivity contribution in [2.75, 3.05) is 11.9 Å². The average molecular weight is 291 g/mol. The largest absolute Gasteiger partial charge is 0.462 e. The Labute approximate surface area is 121 Å². The van der Waals surface area contributed by atoms with Gasteiger partial charge in [-0.25, -0.2) is 4.79 Å². The van der Waals surface area contributed by atoms with E-state index in [0.29, 0.717) is 0 Å². The van der Waals surface area contributed by atoms with Gasteiger partial charge in [-0.1, -0.05) is 0 Å². The van der Waals surface area contributed by atoms with Gasteiger partial charge in [-0.15, -0.1) is 0 Å². The van der Waals surface area contributed by atoms with Crippen LogP contribution in [0, 0.1) is 6.92 Å². The van der Waals surface area contributed by atoms with Gasteiger partial charge in [-0.05, 0) is 19.9 Å². The number of anilines is 1. The molecule has 0 fully saturated rings. The van der Waals surface area contributed by atoms with Crippen LogP contribution in [0.3, 0.4) is 0 Å². The molecule has 0 unspecified atom stereocenters. The third-order valence-electron chi connectivity index (χ3n) is 3.01. The molecule has 2 heterocycles. The Kier molecular flexibility index (Phi) is 4.06. The van der Waals surface area contributed by atoms with Crippen LogP contribution in [0.2, 0.25) is 0 Å². The van der Waals surface area contributed by atoms with Crippen LogP contribution < -0.4 is 5.32 Å². The lowest BCUT2D eigenvalue weighted by Crippen LogP contribution is -2.18. The summed E-state index contributed by atoms with van der Waals surface area (Å²) in [4.78, 5) is 24.0. The standard InChI is InChI=1S/C13H17N5O3/c1-5-21-13(20)9-7-14-18(4)11(9)15-12(19)10-6-8(2)17(3)16-10/h6-7H,5H2,1-4H3,(H,15,19). The van der Waals surface area contributed by atoms with Crippen LogP contribution in [-0.2, 0) is 18.8 Å². The summed E-state index contributed by atoms with van der Waals surface area (Å²) in [6.45, 7) is 3.81. The number of aromatic nitrogens is 4. The summed E-state index contributed by atoms with van der Waals surface area (Å²) in [5.41, 5.74) is 1.34. The van der Waals surface area contributed by atoms with Crippen molar-refractivity contribution in [1.82, 2.24) is 19.6 Å². The van der Waals surface area contributed by atoms with Crippen molar-refractivity contribution >= 4 is 17.7 Å². The topological polar surface area (TPSA) is 91.0 Å². The third-order valence-corrected chi connectivity index (χ3v) is 3.01. The van der Waals surface area contributed by atoms with Crippen molar-refractivity contribution < 1.29 is 14.3 Å². The van der Waals surface area contributed by atoms with E-state index in [1.165, 1.54) is 10.9 Å². The maximum absolute atomic E-state index is 12.2. The highest BCUT2D eigenvalue weighted by Crippen LogP contribution is 2.16. The van der Waals surface area contributed by atoms with Crippen molar-refractivity contribution in [2.24, 2.45) is 14.1 Å². The second kappa shape index (κ2) is 5.78. The Morgan fingerprint density at radius 2 is 2.05 bits per heavy atom. The van der Waals surface area contributed by atoms with E-state index >= 15 is 0 Å². The molecule has 0 saturated carbocycles. The van der Waals surface area contributed by atoms with Crippen LogP contribution in [-0.4, -0.2) is 38.0 Å². The van der Waals surface area contributed by atoms with E-state index in [1.54, 1.807) is 31.8 Å². The summed E-state index contributed by atoms with van der Waals surface area (Å²) in [6.07, 6.45) is 1.36. The smallest absolute Gasteiger partial charge is 0.343 e. The van der Waals surface area contributed by atoms with Crippen molar-refractivity contribution in [3.63, 3.8) is 0 Å². The predicted molar refractivity (Wildman–Crippen MR) is 75.1 cm³/mol. The molecule has 1 N–H and O–H groups in total. The minimum atomic E-state index is -0.530. The zero-order valence-corrected chi connectivity index (χ0v) is 12.4. The molecular weight excluding hydrogens is 274 g/mol. The molecule has 0 aromatic carbocycles. The van der Waals surface area contributed by atoms with Gasteiger partial charge < -0.3 is 10.1 Å². The number of carbonyl (C=O) groups is 2. The number of nitrogens with zero attached hydrogens (tertiary/aromatic N) is 4. The molecule has 8 nitrogen and oxygen atoms in total. The SMILES string of the molecule is CCOC(=O)c1cnn(C)c1NC(=O)c1cc(C)n(C)n1. The predicted octanol–water partition coefficient (Wildman–Crippen LogP) is 0.891. The lowest BCUT2D eigenvalue weighted by Gasteiger charge is -2.06. The van der Waals surface area contributed by atoms with Crippen LogP contribution in [0.1, 0.15) is 33.5 Å². The lowest BCUT2D eigenvalue weighted by atomic mass is 10.3. The molecule has 0 radical (unpaired) electrons. The highest BCUT2D eigenvalue weighted by Gasteiger charge is 2.20. The molecule has 0 aliphatic heterocycles. The maximum atomic E-state index is 12.2. The number of rotatable bonds is 4. The first-order valence-electron chi connectivity index (χ1n) is 6.45. The molecule has 0 aliphatic carbocycles. The number of esters is 1. The van der Waals surface area contributed by atoms with Crippen LogP contribution in [0.5, 0.6) is 0 Å². The van der Waals surface area contributed by atoms with Crippen LogP contribution in [0.4, 0.5) is 5.82 Å². The Balaban J connectivity index is 2.25. The molecule has 2 aromatic rings. The number of carbonyl (C=O) groups excluding carboxylic acids is 2. The minimum absolute atomic E-state index is 0.209. The van der Waals surface area contributed by atoms with Crippen molar-refractivity contribution in [3.8, 4) is 0 Å². The minimum Gasteiger partial charge on any atom is -0.462 e. The van der Waals surface area contributed by atoms with Gasteiger partial charge in [0, 0.05) is 19.8 Å². The van der Waals surface area contributed by atoms with Gasteiger partial charge in [0.25, 0.3) is 5.91 Å². The molecule has 2 rings (SSSR count). The Hall–Kier alpha value is -2.64. The number of ether oxygens (including phenoxy) is 1. The Bertz CT molecular complexity index is 667. The Morgan fingerprint density at radius 3 is 2.62 bits per heavy atom. The molecule has 0 spiro atoms. The van der Waals surface area contributed by atoms with E-state index in [-0.39, 0.29) is 23.7 Å². The van der Waals surface area contributed by atoms with Gasteiger partial charge in [-0.3, -0.25) is 14.2 Å². The van der Waals surface area contributed by atoms with Crippen molar-refractivity contribution in [2.45, 2.75) is 13.8 Å².